The van der Waals surface area contributed by atoms with Gasteiger partial charge in [-0.2, -0.15) is 0 Å². The Labute approximate surface area is 121 Å². The molecule has 0 saturated heterocycles. The molecule has 0 aliphatic heterocycles. The third kappa shape index (κ3) is 2.60. The summed E-state index contributed by atoms with van der Waals surface area (Å²) in [5, 5.41) is 3.51. The van der Waals surface area contributed by atoms with Gasteiger partial charge in [-0.15, -0.1) is 0 Å². The van der Waals surface area contributed by atoms with Gasteiger partial charge in [-0.3, -0.25) is 0 Å². The van der Waals surface area contributed by atoms with Crippen molar-refractivity contribution in [1.29, 1.82) is 0 Å². The molecule has 2 atom stereocenters. The van der Waals surface area contributed by atoms with Gasteiger partial charge in [-0.05, 0) is 56.4 Å². The third-order valence-electron chi connectivity index (χ3n) is 4.27. The van der Waals surface area contributed by atoms with E-state index in [1.165, 1.54) is 28.8 Å². The van der Waals surface area contributed by atoms with Gasteiger partial charge < -0.3 is 9.73 Å². The van der Waals surface area contributed by atoms with Gasteiger partial charge in [0.1, 0.15) is 11.5 Å². The normalized spacial score (nSPS) is 21.0. The van der Waals surface area contributed by atoms with Crippen LogP contribution in [0.4, 0.5) is 5.69 Å². The van der Waals surface area contributed by atoms with Crippen LogP contribution in [0.15, 0.2) is 28.7 Å². The summed E-state index contributed by atoms with van der Waals surface area (Å²) in [5.41, 5.74) is 5.14. The Kier molecular flexibility index (Phi) is 3.33. The number of hydrogen-bond donors (Lipinski definition) is 1. The number of anilines is 1. The summed E-state index contributed by atoms with van der Waals surface area (Å²) >= 11 is 0. The van der Waals surface area contributed by atoms with E-state index in [0.717, 1.165) is 24.0 Å². The van der Waals surface area contributed by atoms with Crippen LogP contribution in [-0.4, -0.2) is 0 Å². The first-order valence-electron chi connectivity index (χ1n) is 7.45. The van der Waals surface area contributed by atoms with Crippen LogP contribution in [0.3, 0.4) is 0 Å². The van der Waals surface area contributed by atoms with E-state index in [1.54, 1.807) is 0 Å². The molecule has 3 rings (SSSR count). The van der Waals surface area contributed by atoms with E-state index >= 15 is 0 Å². The van der Waals surface area contributed by atoms with Gasteiger partial charge in [-0.25, -0.2) is 0 Å². The van der Waals surface area contributed by atoms with Gasteiger partial charge in [0, 0.05) is 11.6 Å². The lowest BCUT2D eigenvalue weighted by molar-refractivity contribution is 0.468. The van der Waals surface area contributed by atoms with Crippen LogP contribution in [0.25, 0.3) is 0 Å². The molecule has 0 amide bonds. The van der Waals surface area contributed by atoms with E-state index in [-0.39, 0.29) is 0 Å². The van der Waals surface area contributed by atoms with E-state index in [4.69, 9.17) is 4.42 Å². The summed E-state index contributed by atoms with van der Waals surface area (Å²) in [6, 6.07) is 8.68. The smallest absolute Gasteiger partial charge is 0.123 e. The molecule has 1 aliphatic carbocycles. The Morgan fingerprint density at radius 3 is 2.40 bits per heavy atom. The number of rotatable bonds is 4. The first-order valence-corrected chi connectivity index (χ1v) is 7.45. The van der Waals surface area contributed by atoms with Gasteiger partial charge in [0.15, 0.2) is 0 Å². The molecule has 20 heavy (non-hydrogen) atoms. The van der Waals surface area contributed by atoms with Gasteiger partial charge in [-0.1, -0.05) is 24.6 Å². The Morgan fingerprint density at radius 2 is 1.80 bits per heavy atom. The lowest BCUT2D eigenvalue weighted by Gasteiger charge is -2.12. The molecule has 1 fully saturated rings. The molecule has 106 valence electrons. The molecule has 0 bridgehead atoms. The van der Waals surface area contributed by atoms with Crippen molar-refractivity contribution in [3.63, 3.8) is 0 Å². The second-order valence-corrected chi connectivity index (χ2v) is 6.25. The molecule has 1 aromatic carbocycles. The van der Waals surface area contributed by atoms with Crippen LogP contribution < -0.4 is 5.32 Å². The average Bonchev–Trinajstić information content (AvgIpc) is 2.92. The van der Waals surface area contributed by atoms with Gasteiger partial charge >= 0.3 is 0 Å². The predicted molar refractivity (Wildman–Crippen MR) is 83.2 cm³/mol. The molecular formula is C18H23NO. The topological polar surface area (TPSA) is 25.2 Å². The minimum Gasteiger partial charge on any atom is -0.464 e. The molecule has 2 aromatic rings. The largest absolute Gasteiger partial charge is 0.464 e. The molecule has 1 N–H and O–H groups in total. The molecule has 2 heteroatoms. The summed E-state index contributed by atoms with van der Waals surface area (Å²) in [6.07, 6.45) is 1.27. The Balaban J connectivity index is 1.69. The SMILES string of the molecule is Cc1cc(C)c(NCc2ccc(C3CC3C)o2)c(C)c1. The van der Waals surface area contributed by atoms with Crippen molar-refractivity contribution in [3.8, 4) is 0 Å². The summed E-state index contributed by atoms with van der Waals surface area (Å²) < 4.78 is 5.94. The van der Waals surface area contributed by atoms with Crippen molar-refractivity contribution in [2.24, 2.45) is 5.92 Å². The quantitative estimate of drug-likeness (QED) is 0.850. The highest BCUT2D eigenvalue weighted by Gasteiger charge is 2.36. The zero-order chi connectivity index (χ0) is 14.3. The molecule has 0 spiro atoms. The van der Waals surface area contributed by atoms with E-state index in [2.05, 4.69) is 57.3 Å². The molecule has 1 saturated carbocycles. The maximum absolute atomic E-state index is 5.94. The zero-order valence-corrected chi connectivity index (χ0v) is 12.8. The number of aryl methyl sites for hydroxylation is 3. The van der Waals surface area contributed by atoms with E-state index < -0.39 is 0 Å². The van der Waals surface area contributed by atoms with Crippen molar-refractivity contribution in [2.75, 3.05) is 5.32 Å². The second-order valence-electron chi connectivity index (χ2n) is 6.25. The maximum atomic E-state index is 5.94. The summed E-state index contributed by atoms with van der Waals surface area (Å²) in [6.45, 7) is 9.49. The number of hydrogen-bond acceptors (Lipinski definition) is 2. The Bertz CT molecular complexity index is 603. The summed E-state index contributed by atoms with van der Waals surface area (Å²) in [7, 11) is 0. The lowest BCUT2D eigenvalue weighted by atomic mass is 10.1. The second kappa shape index (κ2) is 5.01. The molecule has 1 aliphatic rings. The molecule has 2 unspecified atom stereocenters. The number of nitrogens with one attached hydrogen (secondary N) is 1. The van der Waals surface area contributed by atoms with Crippen molar-refractivity contribution < 1.29 is 4.42 Å². The third-order valence-corrected chi connectivity index (χ3v) is 4.27. The fourth-order valence-corrected chi connectivity index (χ4v) is 3.04. The first-order chi connectivity index (χ1) is 9.54. The molecule has 2 nitrogen and oxygen atoms in total. The predicted octanol–water partition coefficient (Wildman–Crippen LogP) is 4.94. The molecule has 0 radical (unpaired) electrons. The van der Waals surface area contributed by atoms with Crippen molar-refractivity contribution in [1.82, 2.24) is 0 Å². The van der Waals surface area contributed by atoms with Crippen LogP contribution in [0.2, 0.25) is 0 Å². The zero-order valence-electron chi connectivity index (χ0n) is 12.8. The van der Waals surface area contributed by atoms with E-state index in [0.29, 0.717) is 5.92 Å². The van der Waals surface area contributed by atoms with Crippen LogP contribution in [0.5, 0.6) is 0 Å². The number of benzene rings is 1. The highest BCUT2D eigenvalue weighted by Crippen LogP contribution is 2.47. The number of furan rings is 1. The fraction of sp³-hybridized carbons (Fsp3) is 0.444. The van der Waals surface area contributed by atoms with Crippen LogP contribution >= 0.6 is 0 Å². The minimum absolute atomic E-state index is 0.659. The fourth-order valence-electron chi connectivity index (χ4n) is 3.04. The summed E-state index contributed by atoms with van der Waals surface area (Å²) in [4.78, 5) is 0. The molecule has 1 heterocycles. The van der Waals surface area contributed by atoms with Crippen LogP contribution in [0.1, 0.15) is 47.5 Å². The Hall–Kier alpha value is -1.70. The van der Waals surface area contributed by atoms with Crippen molar-refractivity contribution in [2.45, 2.75) is 46.6 Å². The summed E-state index contributed by atoms with van der Waals surface area (Å²) in [5.74, 6) is 3.64. The highest BCUT2D eigenvalue weighted by atomic mass is 16.3. The first kappa shape index (κ1) is 13.3. The van der Waals surface area contributed by atoms with Gasteiger partial charge in [0.2, 0.25) is 0 Å². The highest BCUT2D eigenvalue weighted by molar-refractivity contribution is 5.58. The van der Waals surface area contributed by atoms with Gasteiger partial charge in [0.05, 0.1) is 6.54 Å². The van der Waals surface area contributed by atoms with Crippen molar-refractivity contribution in [3.05, 3.63) is 52.5 Å². The van der Waals surface area contributed by atoms with E-state index in [1.807, 2.05) is 0 Å². The molecule has 1 aromatic heterocycles. The van der Waals surface area contributed by atoms with Crippen molar-refractivity contribution >= 4 is 5.69 Å². The van der Waals surface area contributed by atoms with Crippen LogP contribution in [-0.2, 0) is 6.54 Å². The lowest BCUT2D eigenvalue weighted by Crippen LogP contribution is -2.02. The average molecular weight is 269 g/mol. The van der Waals surface area contributed by atoms with Crippen LogP contribution in [0, 0.1) is 26.7 Å². The maximum Gasteiger partial charge on any atom is 0.123 e. The monoisotopic (exact) mass is 269 g/mol. The molecular weight excluding hydrogens is 246 g/mol. The van der Waals surface area contributed by atoms with Gasteiger partial charge in [0.25, 0.3) is 0 Å². The minimum atomic E-state index is 0.659. The Morgan fingerprint density at radius 1 is 1.15 bits per heavy atom. The van der Waals surface area contributed by atoms with E-state index in [9.17, 15) is 0 Å². The standard InChI is InChI=1S/C18H23NO/c1-11-7-13(3)18(14(4)8-11)19-10-15-5-6-17(20-15)16-9-12(16)2/h5-8,12,16,19H,9-10H2,1-4H3.